The first-order valence-corrected chi connectivity index (χ1v) is 5.67. The van der Waals surface area contributed by atoms with Crippen molar-refractivity contribution in [3.8, 4) is 6.07 Å². The summed E-state index contributed by atoms with van der Waals surface area (Å²) in [6.07, 6.45) is 0. The number of hydrogen-bond donors (Lipinski definition) is 2. The van der Waals surface area contributed by atoms with Crippen molar-refractivity contribution < 1.29 is 4.79 Å². The van der Waals surface area contributed by atoms with Crippen LogP contribution < -0.4 is 10.6 Å². The van der Waals surface area contributed by atoms with Crippen molar-refractivity contribution in [3.05, 3.63) is 28.2 Å². The summed E-state index contributed by atoms with van der Waals surface area (Å²) < 4.78 is 0.840. The molecule has 0 bridgehead atoms. The van der Waals surface area contributed by atoms with Crippen LogP contribution in [0.5, 0.6) is 0 Å². The smallest absolute Gasteiger partial charge is 0.239 e. The Bertz CT molecular complexity index is 426. The summed E-state index contributed by atoms with van der Waals surface area (Å²) in [5, 5.41) is 14.5. The maximum Gasteiger partial charge on any atom is 0.239 e. The van der Waals surface area contributed by atoms with Gasteiger partial charge in [0.2, 0.25) is 5.91 Å². The lowest BCUT2D eigenvalue weighted by atomic mass is 10.2. The highest BCUT2D eigenvalue weighted by atomic mass is 79.9. The maximum atomic E-state index is 11.2. The standard InChI is InChI=1S/C11H12BrN3O/c1-2-14-11(16)7-15-10-4-3-9(12)5-8(10)6-13/h3-5,15H,2,7H2,1H3,(H,14,16). The lowest BCUT2D eigenvalue weighted by Crippen LogP contribution is -2.29. The highest BCUT2D eigenvalue weighted by Gasteiger charge is 2.04. The van der Waals surface area contributed by atoms with Gasteiger partial charge >= 0.3 is 0 Å². The Hall–Kier alpha value is -1.54. The number of hydrogen-bond acceptors (Lipinski definition) is 3. The fourth-order valence-corrected chi connectivity index (χ4v) is 1.56. The molecule has 2 N–H and O–H groups in total. The molecule has 0 heterocycles. The minimum atomic E-state index is -0.0886. The number of halogens is 1. The van der Waals surface area contributed by atoms with Crippen LogP contribution in [0.2, 0.25) is 0 Å². The molecule has 0 radical (unpaired) electrons. The Kier molecular flexibility index (Phi) is 4.80. The molecule has 0 saturated carbocycles. The first kappa shape index (κ1) is 12.5. The van der Waals surface area contributed by atoms with E-state index < -0.39 is 0 Å². The van der Waals surface area contributed by atoms with Crippen LogP contribution >= 0.6 is 15.9 Å². The van der Waals surface area contributed by atoms with Crippen molar-refractivity contribution in [2.45, 2.75) is 6.92 Å². The summed E-state index contributed by atoms with van der Waals surface area (Å²) in [7, 11) is 0. The number of benzene rings is 1. The van der Waals surface area contributed by atoms with Crippen molar-refractivity contribution in [2.24, 2.45) is 0 Å². The van der Waals surface area contributed by atoms with E-state index in [0.717, 1.165) is 4.47 Å². The van der Waals surface area contributed by atoms with Crippen molar-refractivity contribution in [1.82, 2.24) is 5.32 Å². The van der Waals surface area contributed by atoms with Gasteiger partial charge in [-0.05, 0) is 25.1 Å². The van der Waals surface area contributed by atoms with Gasteiger partial charge in [0, 0.05) is 11.0 Å². The molecule has 5 heteroatoms. The maximum absolute atomic E-state index is 11.2. The minimum Gasteiger partial charge on any atom is -0.375 e. The van der Waals surface area contributed by atoms with Gasteiger partial charge in [-0.15, -0.1) is 0 Å². The molecule has 0 aliphatic rings. The van der Waals surface area contributed by atoms with Gasteiger partial charge in [0.25, 0.3) is 0 Å². The molecule has 0 unspecified atom stereocenters. The predicted octanol–water partition coefficient (Wildman–Crippen LogP) is 1.87. The molecule has 1 rings (SSSR count). The lowest BCUT2D eigenvalue weighted by molar-refractivity contribution is -0.119. The Morgan fingerprint density at radius 3 is 2.94 bits per heavy atom. The summed E-state index contributed by atoms with van der Waals surface area (Å²) in [5.74, 6) is -0.0886. The number of likely N-dealkylation sites (N-methyl/N-ethyl adjacent to an activating group) is 1. The molecule has 0 aliphatic carbocycles. The molecule has 0 atom stereocenters. The zero-order valence-corrected chi connectivity index (χ0v) is 10.5. The van der Waals surface area contributed by atoms with Crippen molar-refractivity contribution >= 4 is 27.5 Å². The molecule has 84 valence electrons. The minimum absolute atomic E-state index is 0.0886. The van der Waals surface area contributed by atoms with Crippen molar-refractivity contribution in [1.29, 1.82) is 5.26 Å². The highest BCUT2D eigenvalue weighted by Crippen LogP contribution is 2.19. The molecule has 0 fully saturated rings. The summed E-state index contributed by atoms with van der Waals surface area (Å²) >= 11 is 3.28. The van der Waals surface area contributed by atoms with E-state index in [9.17, 15) is 4.79 Å². The van der Waals surface area contributed by atoms with Gasteiger partial charge in [0.05, 0.1) is 17.8 Å². The van der Waals surface area contributed by atoms with Crippen LogP contribution in [0.25, 0.3) is 0 Å². The number of carbonyl (C=O) groups excluding carboxylic acids is 1. The first-order chi connectivity index (χ1) is 7.67. The molecule has 16 heavy (non-hydrogen) atoms. The largest absolute Gasteiger partial charge is 0.375 e. The van der Waals surface area contributed by atoms with Crippen LogP contribution in [0.4, 0.5) is 5.69 Å². The molecule has 1 aromatic rings. The normalized spacial score (nSPS) is 9.31. The SMILES string of the molecule is CCNC(=O)CNc1ccc(Br)cc1C#N. The Labute approximate surface area is 103 Å². The lowest BCUT2D eigenvalue weighted by Gasteiger charge is -2.08. The number of nitrogens with one attached hydrogen (secondary N) is 2. The van der Waals surface area contributed by atoms with Crippen LogP contribution in [0.15, 0.2) is 22.7 Å². The number of amides is 1. The van der Waals surface area contributed by atoms with Gasteiger partial charge < -0.3 is 10.6 Å². The number of nitriles is 1. The number of anilines is 1. The van der Waals surface area contributed by atoms with Gasteiger partial charge in [-0.1, -0.05) is 15.9 Å². The van der Waals surface area contributed by atoms with Crippen LogP contribution in [-0.4, -0.2) is 19.0 Å². The zero-order chi connectivity index (χ0) is 12.0. The molecule has 0 aromatic heterocycles. The van der Waals surface area contributed by atoms with E-state index in [2.05, 4.69) is 32.6 Å². The van der Waals surface area contributed by atoms with E-state index in [-0.39, 0.29) is 12.5 Å². The molecule has 0 aliphatic heterocycles. The zero-order valence-electron chi connectivity index (χ0n) is 8.88. The second kappa shape index (κ2) is 6.13. The van der Waals surface area contributed by atoms with Crippen molar-refractivity contribution in [3.63, 3.8) is 0 Å². The van der Waals surface area contributed by atoms with E-state index in [0.29, 0.717) is 17.8 Å². The summed E-state index contributed by atoms with van der Waals surface area (Å²) in [6, 6.07) is 7.36. The topological polar surface area (TPSA) is 64.9 Å². The van der Waals surface area contributed by atoms with Crippen molar-refractivity contribution in [2.75, 3.05) is 18.4 Å². The third kappa shape index (κ3) is 3.55. The number of carbonyl (C=O) groups is 1. The quantitative estimate of drug-likeness (QED) is 0.886. The molecule has 4 nitrogen and oxygen atoms in total. The van der Waals surface area contributed by atoms with Gasteiger partial charge in [0.1, 0.15) is 6.07 Å². The monoisotopic (exact) mass is 281 g/mol. The summed E-state index contributed by atoms with van der Waals surface area (Å²) in [4.78, 5) is 11.2. The van der Waals surface area contributed by atoms with E-state index in [1.54, 1.807) is 12.1 Å². The average Bonchev–Trinajstić information content (AvgIpc) is 2.27. The van der Waals surface area contributed by atoms with Gasteiger partial charge in [-0.3, -0.25) is 4.79 Å². The van der Waals surface area contributed by atoms with Gasteiger partial charge in [-0.2, -0.15) is 5.26 Å². The molecule has 0 saturated heterocycles. The second-order valence-electron chi connectivity index (χ2n) is 3.11. The average molecular weight is 282 g/mol. The first-order valence-electron chi connectivity index (χ1n) is 4.87. The highest BCUT2D eigenvalue weighted by molar-refractivity contribution is 9.10. The summed E-state index contributed by atoms with van der Waals surface area (Å²) in [6.45, 7) is 2.63. The molecule has 1 aromatic carbocycles. The Balaban J connectivity index is 2.67. The van der Waals surface area contributed by atoms with Gasteiger partial charge in [0.15, 0.2) is 0 Å². The van der Waals surface area contributed by atoms with Crippen LogP contribution in [0.1, 0.15) is 12.5 Å². The van der Waals surface area contributed by atoms with E-state index >= 15 is 0 Å². The second-order valence-corrected chi connectivity index (χ2v) is 4.02. The Morgan fingerprint density at radius 1 is 1.56 bits per heavy atom. The third-order valence-electron chi connectivity index (χ3n) is 1.92. The Morgan fingerprint density at radius 2 is 2.31 bits per heavy atom. The molecule has 1 amide bonds. The van der Waals surface area contributed by atoms with Crippen LogP contribution in [0.3, 0.4) is 0 Å². The number of nitrogens with zero attached hydrogens (tertiary/aromatic N) is 1. The fourth-order valence-electron chi connectivity index (χ4n) is 1.20. The van der Waals surface area contributed by atoms with E-state index in [4.69, 9.17) is 5.26 Å². The third-order valence-corrected chi connectivity index (χ3v) is 2.41. The molecular formula is C11H12BrN3O. The van der Waals surface area contributed by atoms with Crippen LogP contribution in [0, 0.1) is 11.3 Å². The van der Waals surface area contributed by atoms with E-state index in [1.165, 1.54) is 0 Å². The number of rotatable bonds is 4. The fraction of sp³-hybridized carbons (Fsp3) is 0.273. The summed E-state index contributed by atoms with van der Waals surface area (Å²) in [5.41, 5.74) is 1.18. The van der Waals surface area contributed by atoms with Crippen LogP contribution in [-0.2, 0) is 4.79 Å². The van der Waals surface area contributed by atoms with E-state index in [1.807, 2.05) is 13.0 Å². The molecular weight excluding hydrogens is 270 g/mol. The predicted molar refractivity (Wildman–Crippen MR) is 66.0 cm³/mol. The molecule has 0 spiro atoms. The van der Waals surface area contributed by atoms with Gasteiger partial charge in [-0.25, -0.2) is 0 Å².